The van der Waals surface area contributed by atoms with Crippen LogP contribution in [0.15, 0.2) is 60.8 Å². The lowest BCUT2D eigenvalue weighted by atomic mass is 9.87. The van der Waals surface area contributed by atoms with E-state index in [0.29, 0.717) is 10.6 Å². The molecule has 0 aliphatic carbocycles. The molecule has 0 aliphatic heterocycles. The minimum Gasteiger partial charge on any atom is -0.381 e. The molecule has 100 valence electrons. The van der Waals surface area contributed by atoms with Crippen molar-refractivity contribution in [2.75, 3.05) is 0 Å². The van der Waals surface area contributed by atoms with Gasteiger partial charge in [-0.2, -0.15) is 0 Å². The zero-order valence-corrected chi connectivity index (χ0v) is 11.8. The molecule has 1 N–H and O–H groups in total. The van der Waals surface area contributed by atoms with Gasteiger partial charge in [-0.1, -0.05) is 41.9 Å². The second-order valence-corrected chi connectivity index (χ2v) is 5.37. The maximum Gasteiger partial charge on any atom is 0.113 e. The molecule has 0 radical (unpaired) electrons. The Hall–Kier alpha value is -1.90. The second kappa shape index (κ2) is 4.89. The molecule has 0 amide bonds. The third-order valence-corrected chi connectivity index (χ3v) is 3.89. The van der Waals surface area contributed by atoms with Crippen LogP contribution in [0.5, 0.6) is 0 Å². The molecule has 1 aromatic heterocycles. The maximum absolute atomic E-state index is 10.9. The highest BCUT2D eigenvalue weighted by molar-refractivity contribution is 6.31. The lowest BCUT2D eigenvalue weighted by Crippen LogP contribution is -2.23. The van der Waals surface area contributed by atoms with E-state index in [0.717, 1.165) is 16.5 Å². The molecule has 3 rings (SSSR count). The van der Waals surface area contributed by atoms with Gasteiger partial charge in [-0.05, 0) is 36.8 Å². The summed E-state index contributed by atoms with van der Waals surface area (Å²) in [5.74, 6) is 0. The Bertz CT molecular complexity index is 768. The Balaban J connectivity index is 2.16. The molecule has 20 heavy (non-hydrogen) atoms. The Morgan fingerprint density at radius 3 is 2.65 bits per heavy atom. The van der Waals surface area contributed by atoms with Gasteiger partial charge in [-0.15, -0.1) is 0 Å². The van der Waals surface area contributed by atoms with Crippen molar-refractivity contribution in [2.24, 2.45) is 0 Å². The average molecular weight is 284 g/mol. The van der Waals surface area contributed by atoms with Crippen molar-refractivity contribution in [2.45, 2.75) is 12.5 Å². The zero-order chi connectivity index (χ0) is 14.2. The van der Waals surface area contributed by atoms with Crippen LogP contribution in [0.2, 0.25) is 5.02 Å². The molecule has 3 aromatic rings. The summed E-state index contributed by atoms with van der Waals surface area (Å²) in [6.45, 7) is 1.76. The number of fused-ring (bicyclic) bond motifs is 1. The molecule has 2 aromatic carbocycles. The summed E-state index contributed by atoms with van der Waals surface area (Å²) in [6.07, 6.45) is 1.76. The van der Waals surface area contributed by atoms with E-state index in [1.54, 1.807) is 19.2 Å². The molecule has 1 atom stereocenters. The standard InChI is InChI=1S/C17H14ClNO/c1-17(20,14-6-2-3-7-15(14)18)13-8-9-16-12(11-13)5-4-10-19-16/h2-11,20H,1H3. The van der Waals surface area contributed by atoms with E-state index in [4.69, 9.17) is 11.6 Å². The van der Waals surface area contributed by atoms with Crippen molar-refractivity contribution in [1.82, 2.24) is 4.98 Å². The van der Waals surface area contributed by atoms with Crippen LogP contribution in [0.4, 0.5) is 0 Å². The van der Waals surface area contributed by atoms with E-state index in [1.807, 2.05) is 48.5 Å². The van der Waals surface area contributed by atoms with Crippen LogP contribution in [0.3, 0.4) is 0 Å². The van der Waals surface area contributed by atoms with Crippen molar-refractivity contribution >= 4 is 22.5 Å². The van der Waals surface area contributed by atoms with Gasteiger partial charge in [0.05, 0.1) is 5.52 Å². The first kappa shape index (κ1) is 13.1. The Morgan fingerprint density at radius 1 is 1.05 bits per heavy atom. The monoisotopic (exact) mass is 283 g/mol. The lowest BCUT2D eigenvalue weighted by molar-refractivity contribution is 0.102. The Morgan fingerprint density at radius 2 is 1.85 bits per heavy atom. The first-order valence-corrected chi connectivity index (χ1v) is 6.79. The molecule has 0 bridgehead atoms. The molecule has 0 saturated carbocycles. The molecule has 2 nitrogen and oxygen atoms in total. The molecule has 0 aliphatic rings. The predicted octanol–water partition coefficient (Wildman–Crippen LogP) is 4.14. The zero-order valence-electron chi connectivity index (χ0n) is 11.0. The summed E-state index contributed by atoms with van der Waals surface area (Å²) in [4.78, 5) is 4.29. The fourth-order valence-electron chi connectivity index (χ4n) is 2.39. The molecule has 0 saturated heterocycles. The first-order valence-electron chi connectivity index (χ1n) is 6.42. The van der Waals surface area contributed by atoms with Crippen molar-refractivity contribution in [3.8, 4) is 0 Å². The third kappa shape index (κ3) is 2.17. The van der Waals surface area contributed by atoms with Crippen molar-refractivity contribution in [3.63, 3.8) is 0 Å². The fourth-order valence-corrected chi connectivity index (χ4v) is 2.71. The SMILES string of the molecule is CC(O)(c1ccc2ncccc2c1)c1ccccc1Cl. The molecular formula is C17H14ClNO. The van der Waals surface area contributed by atoms with Gasteiger partial charge in [-0.25, -0.2) is 0 Å². The van der Waals surface area contributed by atoms with Gasteiger partial charge in [-0.3, -0.25) is 4.98 Å². The summed E-state index contributed by atoms with van der Waals surface area (Å²) in [6, 6.07) is 17.0. The van der Waals surface area contributed by atoms with Gasteiger partial charge < -0.3 is 5.11 Å². The summed E-state index contributed by atoms with van der Waals surface area (Å²) in [5.41, 5.74) is 1.27. The van der Waals surface area contributed by atoms with E-state index in [9.17, 15) is 5.11 Å². The number of hydrogen-bond acceptors (Lipinski definition) is 2. The van der Waals surface area contributed by atoms with E-state index < -0.39 is 5.60 Å². The molecule has 1 unspecified atom stereocenters. The molecule has 1 heterocycles. The number of aliphatic hydroxyl groups is 1. The smallest absolute Gasteiger partial charge is 0.113 e. The van der Waals surface area contributed by atoms with Crippen LogP contribution in [0, 0.1) is 0 Å². The van der Waals surface area contributed by atoms with E-state index in [2.05, 4.69) is 4.98 Å². The molecular weight excluding hydrogens is 270 g/mol. The quantitative estimate of drug-likeness (QED) is 0.766. The average Bonchev–Trinajstić information content (AvgIpc) is 2.47. The van der Waals surface area contributed by atoms with Crippen LogP contribution in [0.1, 0.15) is 18.1 Å². The largest absolute Gasteiger partial charge is 0.381 e. The Labute approximate surface area is 122 Å². The maximum atomic E-state index is 10.9. The second-order valence-electron chi connectivity index (χ2n) is 4.96. The normalized spacial score (nSPS) is 14.2. The summed E-state index contributed by atoms with van der Waals surface area (Å²) in [7, 11) is 0. The first-order chi connectivity index (χ1) is 9.59. The van der Waals surface area contributed by atoms with Crippen molar-refractivity contribution in [1.29, 1.82) is 0 Å². The van der Waals surface area contributed by atoms with Crippen LogP contribution in [-0.4, -0.2) is 10.1 Å². The van der Waals surface area contributed by atoms with Crippen LogP contribution in [-0.2, 0) is 5.60 Å². The van der Waals surface area contributed by atoms with E-state index >= 15 is 0 Å². The highest BCUT2D eigenvalue weighted by Crippen LogP contribution is 2.34. The number of aromatic nitrogens is 1. The minimum absolute atomic E-state index is 0.559. The van der Waals surface area contributed by atoms with Crippen molar-refractivity contribution in [3.05, 3.63) is 76.9 Å². The fraction of sp³-hybridized carbons (Fsp3) is 0.118. The minimum atomic E-state index is -1.14. The van der Waals surface area contributed by atoms with Gasteiger partial charge in [0.2, 0.25) is 0 Å². The summed E-state index contributed by atoms with van der Waals surface area (Å²) in [5, 5.41) is 12.4. The number of halogens is 1. The summed E-state index contributed by atoms with van der Waals surface area (Å²) >= 11 is 6.20. The molecule has 0 fully saturated rings. The number of rotatable bonds is 2. The number of benzene rings is 2. The number of hydrogen-bond donors (Lipinski definition) is 1. The highest BCUT2D eigenvalue weighted by atomic mass is 35.5. The summed E-state index contributed by atoms with van der Waals surface area (Å²) < 4.78 is 0. The topological polar surface area (TPSA) is 33.1 Å². The predicted molar refractivity (Wildman–Crippen MR) is 81.9 cm³/mol. The van der Waals surface area contributed by atoms with Crippen LogP contribution < -0.4 is 0 Å². The lowest BCUT2D eigenvalue weighted by Gasteiger charge is -2.25. The number of pyridine rings is 1. The van der Waals surface area contributed by atoms with Crippen molar-refractivity contribution < 1.29 is 5.11 Å². The Kier molecular flexibility index (Phi) is 3.20. The van der Waals surface area contributed by atoms with Gasteiger partial charge in [0.25, 0.3) is 0 Å². The van der Waals surface area contributed by atoms with E-state index in [1.165, 1.54) is 0 Å². The molecule has 3 heteroatoms. The highest BCUT2D eigenvalue weighted by Gasteiger charge is 2.27. The van der Waals surface area contributed by atoms with Gasteiger partial charge in [0, 0.05) is 22.2 Å². The molecule has 0 spiro atoms. The van der Waals surface area contributed by atoms with Crippen LogP contribution in [0.25, 0.3) is 10.9 Å². The van der Waals surface area contributed by atoms with Gasteiger partial charge >= 0.3 is 0 Å². The van der Waals surface area contributed by atoms with Gasteiger partial charge in [0.15, 0.2) is 0 Å². The van der Waals surface area contributed by atoms with Crippen LogP contribution >= 0.6 is 11.6 Å². The number of nitrogens with zero attached hydrogens (tertiary/aromatic N) is 1. The van der Waals surface area contributed by atoms with E-state index in [-0.39, 0.29) is 0 Å². The van der Waals surface area contributed by atoms with Gasteiger partial charge in [0.1, 0.15) is 5.60 Å². The third-order valence-electron chi connectivity index (χ3n) is 3.56.